The van der Waals surface area contributed by atoms with Gasteiger partial charge in [-0.05, 0) is 87.7 Å². The normalized spacial score (nSPS) is 12.4. The number of hydrogen-bond donors (Lipinski definition) is 3. The summed E-state index contributed by atoms with van der Waals surface area (Å²) in [6.07, 6.45) is 1.58. The van der Waals surface area contributed by atoms with Gasteiger partial charge in [-0.25, -0.2) is 9.78 Å². The summed E-state index contributed by atoms with van der Waals surface area (Å²) in [6.45, 7) is 7.14. The fourth-order valence-electron chi connectivity index (χ4n) is 5.35. The smallest absolute Gasteiger partial charge is 0.408 e. The Labute approximate surface area is 293 Å². The number of carbonyl (C=O) groups is 3. The molecule has 3 N–H and O–H groups in total. The number of alkyl carbamates (subject to hydrolysis) is 1. The molecule has 4 rings (SSSR count). The maximum absolute atomic E-state index is 13.9. The molecule has 12 heteroatoms. The van der Waals surface area contributed by atoms with Crippen molar-refractivity contribution in [3.63, 3.8) is 0 Å². The quantitative estimate of drug-likeness (QED) is 0.0974. The van der Waals surface area contributed by atoms with E-state index >= 15 is 0 Å². The number of nitriles is 1. The molecule has 1 unspecified atom stereocenters. The second-order valence-corrected chi connectivity index (χ2v) is 12.1. The molecule has 3 aromatic carbocycles. The van der Waals surface area contributed by atoms with Crippen LogP contribution in [0.4, 0.5) is 16.2 Å². The molecule has 1 atom stereocenters. The van der Waals surface area contributed by atoms with Crippen LogP contribution in [0.25, 0.3) is 11.0 Å². The van der Waals surface area contributed by atoms with Gasteiger partial charge in [0.05, 0.1) is 34.9 Å². The van der Waals surface area contributed by atoms with E-state index in [0.717, 1.165) is 22.7 Å². The van der Waals surface area contributed by atoms with Crippen LogP contribution in [0.2, 0.25) is 0 Å². The van der Waals surface area contributed by atoms with Gasteiger partial charge in [0.2, 0.25) is 5.91 Å². The third-order valence-electron chi connectivity index (χ3n) is 8.85. The van der Waals surface area contributed by atoms with E-state index in [9.17, 15) is 14.4 Å². The lowest BCUT2D eigenvalue weighted by Gasteiger charge is -2.28. The van der Waals surface area contributed by atoms with Crippen molar-refractivity contribution in [1.29, 1.82) is 5.26 Å². The Bertz CT molecular complexity index is 1850. The Hall–Kier alpha value is -5.70. The summed E-state index contributed by atoms with van der Waals surface area (Å²) in [7, 11) is 3.61. The number of imidazole rings is 1. The van der Waals surface area contributed by atoms with Gasteiger partial charge in [0.1, 0.15) is 11.4 Å². The van der Waals surface area contributed by atoms with Crippen LogP contribution in [-0.4, -0.2) is 65.5 Å². The Morgan fingerprint density at radius 3 is 2.38 bits per heavy atom. The lowest BCUT2D eigenvalue weighted by Crippen LogP contribution is -2.42. The Morgan fingerprint density at radius 1 is 1.02 bits per heavy atom. The van der Waals surface area contributed by atoms with Gasteiger partial charge in [-0.2, -0.15) is 5.26 Å². The number of aliphatic imine (C=N–C) groups is 1. The third-order valence-corrected chi connectivity index (χ3v) is 8.85. The molecule has 0 spiro atoms. The number of amides is 3. The first-order valence-electron chi connectivity index (χ1n) is 16.8. The highest BCUT2D eigenvalue weighted by atomic mass is 16.6. The van der Waals surface area contributed by atoms with Gasteiger partial charge in [0, 0.05) is 57.1 Å². The molecule has 12 nitrogen and oxygen atoms in total. The van der Waals surface area contributed by atoms with Crippen molar-refractivity contribution in [3.05, 3.63) is 89.7 Å². The highest BCUT2D eigenvalue weighted by molar-refractivity contribution is 6.08. The summed E-state index contributed by atoms with van der Waals surface area (Å²) >= 11 is 0. The molecule has 262 valence electrons. The lowest BCUT2D eigenvalue weighted by molar-refractivity contribution is -0.120. The Balaban J connectivity index is 1.30. The predicted octanol–water partition coefficient (Wildman–Crippen LogP) is 5.98. The van der Waals surface area contributed by atoms with Gasteiger partial charge in [0.25, 0.3) is 5.91 Å². The minimum Gasteiger partial charge on any atom is -0.437 e. The van der Waals surface area contributed by atoms with Crippen molar-refractivity contribution in [2.45, 2.75) is 58.6 Å². The Morgan fingerprint density at radius 2 is 1.72 bits per heavy atom. The van der Waals surface area contributed by atoms with Crippen molar-refractivity contribution in [3.8, 4) is 6.07 Å². The third kappa shape index (κ3) is 9.69. The number of aryl methyl sites for hydroxylation is 1. The molecule has 0 bridgehead atoms. The topological polar surface area (TPSA) is 154 Å². The van der Waals surface area contributed by atoms with E-state index in [4.69, 9.17) is 15.0 Å². The number of ether oxygens (including phenoxy) is 1. The van der Waals surface area contributed by atoms with Crippen molar-refractivity contribution in [1.82, 2.24) is 20.2 Å². The molecular weight excluding hydrogens is 632 g/mol. The summed E-state index contributed by atoms with van der Waals surface area (Å²) < 4.78 is 7.57. The number of fused-ring (bicyclic) bond motifs is 1. The molecule has 0 aliphatic heterocycles. The maximum atomic E-state index is 13.9. The monoisotopic (exact) mass is 678 g/mol. The summed E-state index contributed by atoms with van der Waals surface area (Å²) in [5.41, 5.74) is 4.20. The molecule has 0 fully saturated rings. The second kappa shape index (κ2) is 17.6. The number of carbonyl (C=O) groups excluding carboxylic acids is 3. The van der Waals surface area contributed by atoms with Crippen molar-refractivity contribution < 1.29 is 19.1 Å². The first-order chi connectivity index (χ1) is 24.1. The number of anilines is 2. The first kappa shape index (κ1) is 37.1. The highest BCUT2D eigenvalue weighted by Gasteiger charge is 2.30. The van der Waals surface area contributed by atoms with Crippen molar-refractivity contribution >= 4 is 46.0 Å². The summed E-state index contributed by atoms with van der Waals surface area (Å²) in [5, 5.41) is 18.1. The average molecular weight is 679 g/mol. The highest BCUT2D eigenvalue weighted by Crippen LogP contribution is 2.22. The number of nitrogens with one attached hydrogen (secondary N) is 3. The number of para-hydroxylation sites is 1. The number of rotatable bonds is 16. The second-order valence-electron chi connectivity index (χ2n) is 12.1. The van der Waals surface area contributed by atoms with Gasteiger partial charge >= 0.3 is 6.09 Å². The lowest BCUT2D eigenvalue weighted by atomic mass is 9.98. The molecule has 0 aliphatic carbocycles. The summed E-state index contributed by atoms with van der Waals surface area (Å²) in [5.74, 6) is 0.392. The number of aromatic nitrogens is 2. The van der Waals surface area contributed by atoms with Gasteiger partial charge in [0.15, 0.2) is 0 Å². The van der Waals surface area contributed by atoms with E-state index in [1.165, 1.54) is 0 Å². The zero-order valence-electron chi connectivity index (χ0n) is 29.5. The van der Waals surface area contributed by atoms with E-state index in [1.807, 2.05) is 80.9 Å². The Kier molecular flexibility index (Phi) is 13.1. The van der Waals surface area contributed by atoms with E-state index in [2.05, 4.69) is 27.0 Å². The zero-order chi connectivity index (χ0) is 36.1. The maximum Gasteiger partial charge on any atom is 0.408 e. The molecule has 4 aromatic rings. The van der Waals surface area contributed by atoms with Crippen molar-refractivity contribution in [2.24, 2.45) is 12.0 Å². The van der Waals surface area contributed by atoms with Crippen LogP contribution in [-0.2, 0) is 23.1 Å². The molecule has 1 aromatic heterocycles. The zero-order valence-corrected chi connectivity index (χ0v) is 29.5. The number of benzene rings is 3. The number of nitrogens with zero attached hydrogens (tertiary/aromatic N) is 5. The van der Waals surface area contributed by atoms with E-state index in [-0.39, 0.29) is 24.8 Å². The van der Waals surface area contributed by atoms with Gasteiger partial charge < -0.3 is 30.2 Å². The van der Waals surface area contributed by atoms with Crippen LogP contribution in [0, 0.1) is 11.3 Å². The van der Waals surface area contributed by atoms with Crippen molar-refractivity contribution in [2.75, 3.05) is 36.9 Å². The molecule has 0 saturated heterocycles. The fourth-order valence-corrected chi connectivity index (χ4v) is 5.35. The molecule has 1 heterocycles. The van der Waals surface area contributed by atoms with E-state index < -0.39 is 11.7 Å². The minimum atomic E-state index is -0.747. The summed E-state index contributed by atoms with van der Waals surface area (Å²) in [6, 6.07) is 24.1. The van der Waals surface area contributed by atoms with E-state index in [1.54, 1.807) is 36.2 Å². The van der Waals surface area contributed by atoms with Crippen LogP contribution in [0.1, 0.15) is 68.2 Å². The van der Waals surface area contributed by atoms with Crippen LogP contribution >= 0.6 is 0 Å². The number of hydrogen-bond acceptors (Lipinski definition) is 8. The summed E-state index contributed by atoms with van der Waals surface area (Å²) in [4.78, 5) is 49.5. The molecule has 50 heavy (non-hydrogen) atoms. The number of unbranched alkanes of at least 4 members (excludes halogenated alkanes) is 1. The molecule has 0 saturated carbocycles. The molecule has 0 aliphatic rings. The minimum absolute atomic E-state index is 0.121. The van der Waals surface area contributed by atoms with Crippen LogP contribution < -0.4 is 20.9 Å². The predicted molar refractivity (Wildman–Crippen MR) is 196 cm³/mol. The fraction of sp³-hybridized carbons (Fsp3) is 0.368. The van der Waals surface area contributed by atoms with Gasteiger partial charge in [-0.15, -0.1) is 0 Å². The van der Waals surface area contributed by atoms with Gasteiger partial charge in [-0.3, -0.25) is 14.6 Å². The van der Waals surface area contributed by atoms with Crippen LogP contribution in [0.5, 0.6) is 0 Å². The van der Waals surface area contributed by atoms with Crippen LogP contribution in [0.15, 0.2) is 77.8 Å². The SMILES string of the molecule is CCC(C)(OC(=O)NCCCCNC(=O)CCN(C(=O)c1ccc2c(c1)nc(CNc1ccc(C#N)cc1)n2C)c1ccccc1)C(C)=NC. The van der Waals surface area contributed by atoms with E-state index in [0.29, 0.717) is 61.2 Å². The molecular formula is C38H46N8O4. The molecule has 3 amide bonds. The largest absolute Gasteiger partial charge is 0.437 e. The molecule has 0 radical (unpaired) electrons. The standard InChI is InChI=1S/C38H46N8O4/c1-6-38(3,27(2)40-4)50-37(49)42-22-11-10-21-41-35(47)20-23-46(31-12-8-7-9-13-31)36(48)29-16-19-33-32(24-29)44-34(45(33)5)26-43-30-17-14-28(25-39)15-18-30/h7-9,12-19,24,43H,6,10-11,20-23,26H2,1-5H3,(H,41,47)(H,42,49). The average Bonchev–Trinajstić information content (AvgIpc) is 3.46. The first-order valence-corrected chi connectivity index (χ1v) is 16.8. The van der Waals surface area contributed by atoms with Crippen LogP contribution in [0.3, 0.4) is 0 Å². The van der Waals surface area contributed by atoms with Gasteiger partial charge in [-0.1, -0.05) is 25.1 Å².